The fraction of sp³-hybridized carbons (Fsp3) is 0.529. The van der Waals surface area contributed by atoms with Gasteiger partial charge in [0.1, 0.15) is 0 Å². The van der Waals surface area contributed by atoms with Crippen molar-refractivity contribution in [2.24, 2.45) is 0 Å². The monoisotopic (exact) mass is 355 g/mol. The van der Waals surface area contributed by atoms with Crippen LogP contribution in [-0.4, -0.2) is 55.6 Å². The Labute approximate surface area is 149 Å². The van der Waals surface area contributed by atoms with E-state index in [1.807, 2.05) is 37.3 Å². The number of halogens is 1. The first-order valence-corrected chi connectivity index (χ1v) is 8.11. The summed E-state index contributed by atoms with van der Waals surface area (Å²) >= 11 is 0. The standard InChI is InChI=1S/C17H25N3O3.ClH/c1-2-23-11-10-20-9-8-18-15(17(20)22)12-16(21)19-13-14-6-4-3-5-7-14;/h3-7,15,18H,2,8-13H2,1H3,(H,19,21);1H. The van der Waals surface area contributed by atoms with Crippen molar-refractivity contribution in [3.8, 4) is 0 Å². The van der Waals surface area contributed by atoms with Crippen LogP contribution in [0.4, 0.5) is 0 Å². The van der Waals surface area contributed by atoms with Crippen molar-refractivity contribution in [1.82, 2.24) is 15.5 Å². The van der Waals surface area contributed by atoms with E-state index in [4.69, 9.17) is 4.74 Å². The van der Waals surface area contributed by atoms with Gasteiger partial charge in [-0.2, -0.15) is 0 Å². The number of amides is 2. The van der Waals surface area contributed by atoms with Gasteiger partial charge < -0.3 is 20.3 Å². The van der Waals surface area contributed by atoms with Crippen molar-refractivity contribution >= 4 is 24.2 Å². The van der Waals surface area contributed by atoms with Crippen molar-refractivity contribution in [3.63, 3.8) is 0 Å². The van der Waals surface area contributed by atoms with Crippen LogP contribution >= 0.6 is 12.4 Å². The zero-order chi connectivity index (χ0) is 16.5. The van der Waals surface area contributed by atoms with E-state index < -0.39 is 6.04 Å². The Morgan fingerprint density at radius 3 is 2.83 bits per heavy atom. The normalized spacial score (nSPS) is 17.3. The molecule has 6 nitrogen and oxygen atoms in total. The van der Waals surface area contributed by atoms with Crippen molar-refractivity contribution < 1.29 is 14.3 Å². The molecule has 1 heterocycles. The van der Waals surface area contributed by atoms with Gasteiger partial charge in [0, 0.05) is 32.8 Å². The number of benzene rings is 1. The molecule has 0 spiro atoms. The first kappa shape index (κ1) is 20.4. The molecule has 134 valence electrons. The van der Waals surface area contributed by atoms with E-state index in [2.05, 4.69) is 10.6 Å². The highest BCUT2D eigenvalue weighted by Gasteiger charge is 2.29. The van der Waals surface area contributed by atoms with E-state index in [-0.39, 0.29) is 30.6 Å². The number of nitrogens with zero attached hydrogens (tertiary/aromatic N) is 1. The van der Waals surface area contributed by atoms with E-state index in [1.165, 1.54) is 0 Å². The molecule has 1 aromatic carbocycles. The van der Waals surface area contributed by atoms with E-state index in [0.717, 1.165) is 5.56 Å². The number of ether oxygens (including phenoxy) is 1. The smallest absolute Gasteiger partial charge is 0.240 e. The van der Waals surface area contributed by atoms with Gasteiger partial charge in [-0.3, -0.25) is 9.59 Å². The third kappa shape index (κ3) is 6.47. The molecule has 0 radical (unpaired) electrons. The van der Waals surface area contributed by atoms with Gasteiger partial charge in [-0.05, 0) is 12.5 Å². The molecule has 1 saturated heterocycles. The van der Waals surface area contributed by atoms with Crippen LogP contribution in [-0.2, 0) is 20.9 Å². The van der Waals surface area contributed by atoms with Crippen LogP contribution in [0.3, 0.4) is 0 Å². The van der Waals surface area contributed by atoms with Crippen LogP contribution in [0.5, 0.6) is 0 Å². The van der Waals surface area contributed by atoms with Crippen molar-refractivity contribution in [3.05, 3.63) is 35.9 Å². The van der Waals surface area contributed by atoms with E-state index >= 15 is 0 Å². The molecule has 0 aromatic heterocycles. The molecule has 24 heavy (non-hydrogen) atoms. The predicted molar refractivity (Wildman–Crippen MR) is 95.0 cm³/mol. The second-order valence-corrected chi connectivity index (χ2v) is 5.50. The van der Waals surface area contributed by atoms with Gasteiger partial charge in [0.2, 0.25) is 11.8 Å². The number of hydrogen-bond donors (Lipinski definition) is 2. The summed E-state index contributed by atoms with van der Waals surface area (Å²) in [5, 5.41) is 5.99. The van der Waals surface area contributed by atoms with Gasteiger partial charge in [-0.15, -0.1) is 12.4 Å². The molecule has 0 aliphatic carbocycles. The van der Waals surface area contributed by atoms with Crippen LogP contribution in [0, 0.1) is 0 Å². The van der Waals surface area contributed by atoms with Crippen LogP contribution in [0.2, 0.25) is 0 Å². The minimum absolute atomic E-state index is 0. The second-order valence-electron chi connectivity index (χ2n) is 5.50. The lowest BCUT2D eigenvalue weighted by Gasteiger charge is -2.32. The molecule has 7 heteroatoms. The highest BCUT2D eigenvalue weighted by atomic mass is 35.5. The summed E-state index contributed by atoms with van der Waals surface area (Å²) in [5.41, 5.74) is 1.04. The fourth-order valence-corrected chi connectivity index (χ4v) is 2.55. The largest absolute Gasteiger partial charge is 0.380 e. The maximum absolute atomic E-state index is 12.4. The zero-order valence-corrected chi connectivity index (χ0v) is 14.8. The Morgan fingerprint density at radius 2 is 2.12 bits per heavy atom. The average molecular weight is 356 g/mol. The van der Waals surface area contributed by atoms with Crippen molar-refractivity contribution in [1.29, 1.82) is 0 Å². The maximum Gasteiger partial charge on any atom is 0.240 e. The summed E-state index contributed by atoms with van der Waals surface area (Å²) in [5.74, 6) is -0.142. The number of piperazine rings is 1. The number of rotatable bonds is 8. The molecule has 2 amide bonds. The van der Waals surface area contributed by atoms with Crippen LogP contribution in [0.1, 0.15) is 18.9 Å². The lowest BCUT2D eigenvalue weighted by Crippen LogP contribution is -2.56. The summed E-state index contributed by atoms with van der Waals surface area (Å²) < 4.78 is 5.29. The molecule has 1 fully saturated rings. The first-order chi connectivity index (χ1) is 11.2. The summed E-state index contributed by atoms with van der Waals surface area (Å²) in [4.78, 5) is 26.2. The summed E-state index contributed by atoms with van der Waals surface area (Å²) in [6.07, 6.45) is 0.163. The first-order valence-electron chi connectivity index (χ1n) is 8.11. The Balaban J connectivity index is 0.00000288. The third-order valence-corrected chi connectivity index (χ3v) is 3.81. The molecule has 1 unspecified atom stereocenters. The Morgan fingerprint density at radius 1 is 1.38 bits per heavy atom. The van der Waals surface area contributed by atoms with Crippen molar-refractivity contribution in [2.45, 2.75) is 25.9 Å². The molecule has 1 aromatic rings. The van der Waals surface area contributed by atoms with Gasteiger partial charge in [0.05, 0.1) is 19.1 Å². The SMILES string of the molecule is CCOCCN1CCNC(CC(=O)NCc2ccccc2)C1=O.Cl. The Kier molecular flexibility index (Phi) is 9.37. The molecule has 1 atom stereocenters. The average Bonchev–Trinajstić information content (AvgIpc) is 2.57. The highest BCUT2D eigenvalue weighted by Crippen LogP contribution is 2.06. The predicted octanol–water partition coefficient (Wildman–Crippen LogP) is 0.952. The van der Waals surface area contributed by atoms with E-state index in [1.54, 1.807) is 4.90 Å². The lowest BCUT2D eigenvalue weighted by atomic mass is 10.1. The molecular weight excluding hydrogens is 330 g/mol. The summed E-state index contributed by atoms with van der Waals surface area (Å²) in [6, 6.07) is 9.28. The lowest BCUT2D eigenvalue weighted by molar-refractivity contribution is -0.138. The minimum Gasteiger partial charge on any atom is -0.380 e. The van der Waals surface area contributed by atoms with E-state index in [9.17, 15) is 9.59 Å². The Bertz CT molecular complexity index is 513. The second kappa shape index (κ2) is 11.0. The molecule has 2 N–H and O–H groups in total. The number of carbonyl (C=O) groups excluding carboxylic acids is 2. The Hall–Kier alpha value is -1.63. The number of hydrogen-bond acceptors (Lipinski definition) is 4. The van der Waals surface area contributed by atoms with Crippen LogP contribution in [0.25, 0.3) is 0 Å². The van der Waals surface area contributed by atoms with Crippen LogP contribution in [0.15, 0.2) is 30.3 Å². The van der Waals surface area contributed by atoms with Gasteiger partial charge in [-0.25, -0.2) is 0 Å². The van der Waals surface area contributed by atoms with Gasteiger partial charge in [0.15, 0.2) is 0 Å². The number of carbonyl (C=O) groups is 2. The molecule has 1 aliphatic heterocycles. The highest BCUT2D eigenvalue weighted by molar-refractivity contribution is 5.88. The summed E-state index contributed by atoms with van der Waals surface area (Å²) in [7, 11) is 0. The van der Waals surface area contributed by atoms with E-state index in [0.29, 0.717) is 39.4 Å². The zero-order valence-electron chi connectivity index (χ0n) is 14.0. The van der Waals surface area contributed by atoms with Crippen molar-refractivity contribution in [2.75, 3.05) is 32.8 Å². The third-order valence-electron chi connectivity index (χ3n) is 3.81. The van der Waals surface area contributed by atoms with Gasteiger partial charge >= 0.3 is 0 Å². The molecule has 1 aliphatic rings. The fourth-order valence-electron chi connectivity index (χ4n) is 2.55. The van der Waals surface area contributed by atoms with Crippen LogP contribution < -0.4 is 10.6 Å². The maximum atomic E-state index is 12.4. The molecular formula is C17H26ClN3O3. The molecule has 2 rings (SSSR count). The minimum atomic E-state index is -0.443. The quantitative estimate of drug-likeness (QED) is 0.681. The van der Waals surface area contributed by atoms with Gasteiger partial charge in [0.25, 0.3) is 0 Å². The summed E-state index contributed by atoms with van der Waals surface area (Å²) in [6.45, 7) is 5.54. The molecule has 0 bridgehead atoms. The topological polar surface area (TPSA) is 70.7 Å². The number of nitrogens with one attached hydrogen (secondary N) is 2. The van der Waals surface area contributed by atoms with Gasteiger partial charge in [-0.1, -0.05) is 30.3 Å². The molecule has 0 saturated carbocycles.